The van der Waals surface area contributed by atoms with Crippen LogP contribution in [0.15, 0.2) is 29.2 Å². The lowest BCUT2D eigenvalue weighted by Gasteiger charge is -2.28. The molecule has 1 atom stereocenters. The molecule has 3 rings (SSSR count). The number of alkyl halides is 6. The van der Waals surface area contributed by atoms with Crippen LogP contribution in [0.2, 0.25) is 5.02 Å². The summed E-state index contributed by atoms with van der Waals surface area (Å²) >= 11 is 6.63. The number of fused-ring (bicyclic) bond motifs is 1. The Morgan fingerprint density at radius 2 is 1.65 bits per heavy atom. The Labute approximate surface area is 218 Å². The van der Waals surface area contributed by atoms with E-state index in [1.165, 1.54) is 6.07 Å². The second kappa shape index (κ2) is 10.9. The summed E-state index contributed by atoms with van der Waals surface area (Å²) < 4.78 is 107. The van der Waals surface area contributed by atoms with Gasteiger partial charge in [-0.1, -0.05) is 11.6 Å². The summed E-state index contributed by atoms with van der Waals surface area (Å²) in [6.45, 7) is 4.38. The molecule has 0 fully saturated rings. The van der Waals surface area contributed by atoms with Gasteiger partial charge in [0.05, 0.1) is 16.1 Å². The van der Waals surface area contributed by atoms with E-state index in [1.54, 1.807) is 20.8 Å². The Kier molecular flexibility index (Phi) is 8.65. The van der Waals surface area contributed by atoms with Crippen molar-refractivity contribution in [2.24, 2.45) is 0 Å². The number of hydrogen-bond donors (Lipinski definition) is 1. The highest BCUT2D eigenvalue weighted by Crippen LogP contribution is 2.43. The molecule has 13 heteroatoms. The first kappa shape index (κ1) is 29.4. The molecule has 0 saturated carbocycles. The molecule has 0 spiro atoms. The lowest BCUT2D eigenvalue weighted by Crippen LogP contribution is -2.28. The van der Waals surface area contributed by atoms with Crippen LogP contribution in [0.4, 0.5) is 30.7 Å². The van der Waals surface area contributed by atoms with E-state index in [0.29, 0.717) is 54.5 Å². The van der Waals surface area contributed by atoms with Gasteiger partial charge in [-0.25, -0.2) is 9.18 Å². The maximum absolute atomic E-state index is 14.8. The number of benzene rings is 2. The van der Waals surface area contributed by atoms with Gasteiger partial charge in [0.2, 0.25) is 0 Å². The first-order valence-electron chi connectivity index (χ1n) is 11.0. The summed E-state index contributed by atoms with van der Waals surface area (Å²) in [5, 5.41) is -0.310. The van der Waals surface area contributed by atoms with E-state index in [9.17, 15) is 35.5 Å². The molecule has 1 aliphatic carbocycles. The van der Waals surface area contributed by atoms with Gasteiger partial charge in [0.25, 0.3) is 0 Å². The van der Waals surface area contributed by atoms with Crippen LogP contribution in [0.1, 0.15) is 61.9 Å². The summed E-state index contributed by atoms with van der Waals surface area (Å²) in [5.74, 6) is -1.86. The van der Waals surface area contributed by atoms with Gasteiger partial charge in [-0.2, -0.15) is 26.3 Å². The molecular weight excluding hydrogens is 551 g/mol. The maximum Gasteiger partial charge on any atom is 0.416 e. The minimum absolute atomic E-state index is 0.0524. The highest BCUT2D eigenvalue weighted by molar-refractivity contribution is 7.97. The Bertz CT molecular complexity index is 1130. The molecule has 0 radical (unpaired) electrons. The molecule has 0 bridgehead atoms. The van der Waals surface area contributed by atoms with E-state index in [-0.39, 0.29) is 21.7 Å². The van der Waals surface area contributed by atoms with Gasteiger partial charge >= 0.3 is 18.3 Å². The third kappa shape index (κ3) is 7.67. The number of halogens is 8. The van der Waals surface area contributed by atoms with Crippen molar-refractivity contribution in [2.75, 3.05) is 6.61 Å². The van der Waals surface area contributed by atoms with Gasteiger partial charge in [-0.15, -0.1) is 0 Å². The maximum atomic E-state index is 14.8. The third-order valence-electron chi connectivity index (χ3n) is 5.24. The van der Waals surface area contributed by atoms with Crippen molar-refractivity contribution in [2.45, 2.75) is 68.9 Å². The minimum Gasteiger partial charge on any atom is -0.478 e. The van der Waals surface area contributed by atoms with Crippen molar-refractivity contribution in [1.82, 2.24) is 4.72 Å². The number of ether oxygens (including phenoxy) is 2. The highest BCUT2D eigenvalue weighted by atomic mass is 35.5. The van der Waals surface area contributed by atoms with Crippen molar-refractivity contribution in [1.29, 1.82) is 0 Å². The number of nitrogens with one attached hydrogen (secondary N) is 1. The summed E-state index contributed by atoms with van der Waals surface area (Å²) in [6, 6.07) is 2.01. The fourth-order valence-electron chi connectivity index (χ4n) is 3.77. The Balaban J connectivity index is 1.86. The van der Waals surface area contributed by atoms with E-state index in [4.69, 9.17) is 21.1 Å². The van der Waals surface area contributed by atoms with Crippen LogP contribution >= 0.6 is 23.5 Å². The number of esters is 1. The summed E-state index contributed by atoms with van der Waals surface area (Å²) in [5.41, 5.74) is -2.78. The topological polar surface area (TPSA) is 47.6 Å². The molecule has 37 heavy (non-hydrogen) atoms. The lowest BCUT2D eigenvalue weighted by molar-refractivity contribution is -0.157. The molecule has 4 nitrogen and oxygen atoms in total. The number of carbonyl (C=O) groups is 1. The molecule has 0 heterocycles. The average Bonchev–Trinajstić information content (AvgIpc) is 2.75. The van der Waals surface area contributed by atoms with E-state index in [0.717, 1.165) is 0 Å². The molecule has 1 aliphatic rings. The van der Waals surface area contributed by atoms with Crippen molar-refractivity contribution < 1.29 is 45.0 Å². The van der Waals surface area contributed by atoms with Crippen LogP contribution in [0.25, 0.3) is 0 Å². The van der Waals surface area contributed by atoms with E-state index >= 15 is 0 Å². The molecule has 0 aliphatic heterocycles. The van der Waals surface area contributed by atoms with Crippen LogP contribution in [-0.4, -0.2) is 18.2 Å². The van der Waals surface area contributed by atoms with Gasteiger partial charge in [-0.05, 0) is 81.8 Å². The quantitative estimate of drug-likeness (QED) is 0.216. The first-order valence-corrected chi connectivity index (χ1v) is 12.2. The third-order valence-corrected chi connectivity index (χ3v) is 6.39. The first-order chi connectivity index (χ1) is 17.0. The number of rotatable bonds is 6. The van der Waals surface area contributed by atoms with Crippen molar-refractivity contribution in [3.63, 3.8) is 0 Å². The summed E-state index contributed by atoms with van der Waals surface area (Å²) in [4.78, 5) is 11.7. The smallest absolute Gasteiger partial charge is 0.416 e. The Morgan fingerprint density at radius 3 is 2.19 bits per heavy atom. The van der Waals surface area contributed by atoms with Crippen LogP contribution < -0.4 is 9.46 Å². The SMILES string of the molecule is CC(C)(C)OC(=O)COc1c(F)c(Cl)cc2c1CCCC2NSc1cc(C(F)(F)F)cc(C(F)(F)F)c1. The second-order valence-electron chi connectivity index (χ2n) is 9.35. The molecule has 1 N–H and O–H groups in total. The zero-order chi connectivity index (χ0) is 27.8. The second-order valence-corrected chi connectivity index (χ2v) is 10.7. The lowest BCUT2D eigenvalue weighted by atomic mass is 9.87. The van der Waals surface area contributed by atoms with Crippen molar-refractivity contribution in [3.05, 3.63) is 57.4 Å². The van der Waals surface area contributed by atoms with Gasteiger partial charge in [0.1, 0.15) is 5.60 Å². The Morgan fingerprint density at radius 1 is 1.05 bits per heavy atom. The van der Waals surface area contributed by atoms with Gasteiger partial charge in [0, 0.05) is 16.5 Å². The van der Waals surface area contributed by atoms with Gasteiger partial charge < -0.3 is 9.47 Å². The molecule has 0 aromatic heterocycles. The molecular formula is C24H23ClF7NO3S. The molecule has 204 valence electrons. The van der Waals surface area contributed by atoms with Crippen LogP contribution in [-0.2, 0) is 28.3 Å². The van der Waals surface area contributed by atoms with Crippen LogP contribution in [0.5, 0.6) is 5.75 Å². The molecule has 1 unspecified atom stereocenters. The summed E-state index contributed by atoms with van der Waals surface area (Å²) in [7, 11) is 0. The number of hydrogen-bond acceptors (Lipinski definition) is 5. The van der Waals surface area contributed by atoms with Gasteiger partial charge in [0.15, 0.2) is 18.2 Å². The van der Waals surface area contributed by atoms with E-state index in [2.05, 4.69) is 4.72 Å². The van der Waals surface area contributed by atoms with Crippen molar-refractivity contribution in [3.8, 4) is 5.75 Å². The van der Waals surface area contributed by atoms with E-state index in [1.807, 2.05) is 0 Å². The predicted molar refractivity (Wildman–Crippen MR) is 124 cm³/mol. The molecule has 0 amide bonds. The zero-order valence-electron chi connectivity index (χ0n) is 19.9. The minimum atomic E-state index is -4.97. The normalized spacial score (nSPS) is 16.4. The van der Waals surface area contributed by atoms with Gasteiger partial charge in [-0.3, -0.25) is 4.72 Å². The number of carbonyl (C=O) groups excluding carboxylic acids is 1. The van der Waals surface area contributed by atoms with Crippen molar-refractivity contribution >= 4 is 29.5 Å². The highest BCUT2D eigenvalue weighted by Gasteiger charge is 2.37. The molecule has 0 saturated heterocycles. The largest absolute Gasteiger partial charge is 0.478 e. The summed E-state index contributed by atoms with van der Waals surface area (Å²) in [6.07, 6.45) is -8.64. The molecule has 2 aromatic carbocycles. The fraction of sp³-hybridized carbons (Fsp3) is 0.458. The molecule has 2 aromatic rings. The fourth-order valence-corrected chi connectivity index (χ4v) is 4.86. The van der Waals surface area contributed by atoms with Crippen LogP contribution in [0, 0.1) is 5.82 Å². The average molecular weight is 574 g/mol. The Hall–Kier alpha value is -2.18. The van der Waals surface area contributed by atoms with Crippen LogP contribution in [0.3, 0.4) is 0 Å². The standard InChI is InChI=1S/C24H23ClF7NO3S/c1-22(2,3)36-19(34)11-35-21-15-5-4-6-18(16(15)10-17(25)20(21)26)33-37-14-8-12(23(27,28)29)7-13(9-14)24(30,31)32/h7-10,18,33H,4-6,11H2,1-3H3. The van der Waals surface area contributed by atoms with E-state index < -0.39 is 53.5 Å². The predicted octanol–water partition coefficient (Wildman–Crippen LogP) is 7.91. The monoisotopic (exact) mass is 573 g/mol. The zero-order valence-corrected chi connectivity index (χ0v) is 21.4.